The fraction of sp³-hybridized carbons (Fsp3) is 0.310. The molecule has 3 aromatic carbocycles. The number of halogens is 2. The van der Waals surface area contributed by atoms with E-state index in [1.165, 1.54) is 12.0 Å². The molecule has 0 fully saturated rings. The van der Waals surface area contributed by atoms with Gasteiger partial charge in [-0.05, 0) is 49.2 Å². The summed E-state index contributed by atoms with van der Waals surface area (Å²) in [7, 11) is -2.50. The number of nitrogens with zero attached hydrogens (tertiary/aromatic N) is 2. The summed E-state index contributed by atoms with van der Waals surface area (Å²) in [5, 5.41) is 3.55. The number of nitrogens with one attached hydrogen (secondary N) is 1. The Balaban J connectivity index is 2.10. The van der Waals surface area contributed by atoms with Gasteiger partial charge in [0.15, 0.2) is 0 Å². The molecule has 3 aromatic rings. The van der Waals surface area contributed by atoms with Gasteiger partial charge in [-0.25, -0.2) is 8.42 Å². The Labute approximate surface area is 245 Å². The number of rotatable bonds is 12. The van der Waals surface area contributed by atoms with E-state index < -0.39 is 28.5 Å². The average Bonchev–Trinajstić information content (AvgIpc) is 2.90. The van der Waals surface area contributed by atoms with E-state index >= 15 is 0 Å². The van der Waals surface area contributed by atoms with Gasteiger partial charge >= 0.3 is 0 Å². The zero-order valence-electron chi connectivity index (χ0n) is 22.8. The van der Waals surface area contributed by atoms with Crippen LogP contribution >= 0.6 is 23.2 Å². The molecule has 0 saturated heterocycles. The lowest BCUT2D eigenvalue weighted by atomic mass is 10.0. The fourth-order valence-corrected chi connectivity index (χ4v) is 5.37. The normalized spacial score (nSPS) is 12.1. The molecule has 0 radical (unpaired) electrons. The number of anilines is 1. The predicted octanol–water partition coefficient (Wildman–Crippen LogP) is 4.93. The molecule has 214 valence electrons. The van der Waals surface area contributed by atoms with Gasteiger partial charge < -0.3 is 15.0 Å². The van der Waals surface area contributed by atoms with E-state index in [0.717, 1.165) is 16.1 Å². The summed E-state index contributed by atoms with van der Waals surface area (Å²) in [5.74, 6) is -0.659. The highest BCUT2D eigenvalue weighted by atomic mass is 35.5. The van der Waals surface area contributed by atoms with Crippen molar-refractivity contribution in [2.24, 2.45) is 0 Å². The molecular weight excluding hydrogens is 573 g/mol. The Kier molecular flexibility index (Phi) is 10.8. The van der Waals surface area contributed by atoms with Crippen LogP contribution in [0.25, 0.3) is 0 Å². The minimum atomic E-state index is -3.92. The van der Waals surface area contributed by atoms with E-state index in [4.69, 9.17) is 27.9 Å². The number of sulfonamides is 1. The summed E-state index contributed by atoms with van der Waals surface area (Å²) >= 11 is 12.4. The number of methoxy groups -OCH3 is 1. The topological polar surface area (TPSA) is 96.0 Å². The highest BCUT2D eigenvalue weighted by molar-refractivity contribution is 7.92. The third kappa shape index (κ3) is 8.36. The molecule has 0 aliphatic carbocycles. The van der Waals surface area contributed by atoms with Crippen LogP contribution in [0.2, 0.25) is 10.0 Å². The maximum atomic E-state index is 14.1. The number of hydrogen-bond donors (Lipinski definition) is 1. The van der Waals surface area contributed by atoms with Gasteiger partial charge in [-0.3, -0.25) is 13.9 Å². The quantitative estimate of drug-likeness (QED) is 0.316. The van der Waals surface area contributed by atoms with Crippen LogP contribution in [0.5, 0.6) is 5.75 Å². The first-order chi connectivity index (χ1) is 18.9. The smallest absolute Gasteiger partial charge is 0.244 e. The maximum absolute atomic E-state index is 14.1. The van der Waals surface area contributed by atoms with Crippen molar-refractivity contribution in [3.8, 4) is 5.75 Å². The molecule has 3 rings (SSSR count). The largest absolute Gasteiger partial charge is 0.495 e. The molecule has 8 nitrogen and oxygen atoms in total. The number of para-hydroxylation sites is 2. The van der Waals surface area contributed by atoms with Gasteiger partial charge in [-0.15, -0.1) is 0 Å². The van der Waals surface area contributed by atoms with Crippen molar-refractivity contribution in [3.63, 3.8) is 0 Å². The summed E-state index contributed by atoms with van der Waals surface area (Å²) in [6.45, 7) is 3.09. The Bertz CT molecular complexity index is 1430. The molecule has 11 heteroatoms. The molecule has 0 saturated carbocycles. The van der Waals surface area contributed by atoms with Gasteiger partial charge in [0.2, 0.25) is 21.8 Å². The van der Waals surface area contributed by atoms with Crippen LogP contribution < -0.4 is 14.4 Å². The van der Waals surface area contributed by atoms with Crippen molar-refractivity contribution in [1.82, 2.24) is 10.2 Å². The van der Waals surface area contributed by atoms with Gasteiger partial charge in [0, 0.05) is 19.0 Å². The monoisotopic (exact) mass is 605 g/mol. The molecule has 0 spiro atoms. The molecule has 0 aliphatic rings. The Morgan fingerprint density at radius 2 is 1.57 bits per heavy atom. The van der Waals surface area contributed by atoms with Gasteiger partial charge in [0.25, 0.3) is 0 Å². The molecule has 0 heterocycles. The lowest BCUT2D eigenvalue weighted by Gasteiger charge is -2.34. The molecule has 1 atom stereocenters. The van der Waals surface area contributed by atoms with Gasteiger partial charge in [0.1, 0.15) is 18.3 Å². The zero-order valence-corrected chi connectivity index (χ0v) is 25.1. The number of hydrogen-bond acceptors (Lipinski definition) is 5. The fourth-order valence-electron chi connectivity index (χ4n) is 4.20. The minimum absolute atomic E-state index is 0.0116. The van der Waals surface area contributed by atoms with Crippen LogP contribution in [0.1, 0.15) is 25.0 Å². The van der Waals surface area contributed by atoms with Crippen molar-refractivity contribution < 1.29 is 22.7 Å². The molecule has 2 amide bonds. The van der Waals surface area contributed by atoms with Crippen LogP contribution in [0.15, 0.2) is 72.8 Å². The Hall–Kier alpha value is -3.27. The molecular formula is C29H33Cl2N3O5S. The predicted molar refractivity (Wildman–Crippen MR) is 159 cm³/mol. The first kappa shape index (κ1) is 31.3. The molecule has 1 N–H and O–H groups in total. The van der Waals surface area contributed by atoms with Crippen LogP contribution in [0.4, 0.5) is 5.69 Å². The Morgan fingerprint density at radius 1 is 0.925 bits per heavy atom. The van der Waals surface area contributed by atoms with Gasteiger partial charge in [-0.2, -0.15) is 0 Å². The first-order valence-corrected chi connectivity index (χ1v) is 15.2. The molecule has 1 unspecified atom stereocenters. The molecule has 40 heavy (non-hydrogen) atoms. The standard InChI is InChI=1S/C29H33Cl2N3O5S/c1-20(2)32-29(36)26(17-21-10-6-5-7-11-21)33(18-22-14-15-23(30)24(31)16-22)28(35)19-34(40(4,37)38)25-12-8-9-13-27(25)39-3/h5-16,20,26H,17-19H2,1-4H3,(H,32,36). The van der Waals surface area contributed by atoms with E-state index in [0.29, 0.717) is 15.6 Å². The zero-order chi connectivity index (χ0) is 29.4. The number of carbonyl (C=O) groups is 2. The van der Waals surface area contributed by atoms with Crippen molar-refractivity contribution >= 4 is 50.7 Å². The Morgan fingerprint density at radius 3 is 2.17 bits per heavy atom. The second kappa shape index (κ2) is 13.9. The van der Waals surface area contributed by atoms with E-state index in [2.05, 4.69) is 5.32 Å². The molecule has 0 aromatic heterocycles. The van der Waals surface area contributed by atoms with Crippen molar-refractivity contribution in [1.29, 1.82) is 0 Å². The maximum Gasteiger partial charge on any atom is 0.244 e. The summed E-state index contributed by atoms with van der Waals surface area (Å²) in [6, 6.07) is 19.6. The summed E-state index contributed by atoms with van der Waals surface area (Å²) < 4.78 is 32.2. The van der Waals surface area contributed by atoms with Crippen LogP contribution in [-0.4, -0.2) is 57.1 Å². The van der Waals surface area contributed by atoms with E-state index in [-0.39, 0.29) is 36.4 Å². The summed E-state index contributed by atoms with van der Waals surface area (Å²) in [4.78, 5) is 29.0. The first-order valence-electron chi connectivity index (χ1n) is 12.6. The third-order valence-electron chi connectivity index (χ3n) is 6.07. The SMILES string of the molecule is COc1ccccc1N(CC(=O)N(Cc1ccc(Cl)c(Cl)c1)C(Cc1ccccc1)C(=O)NC(C)C)S(C)(=O)=O. The number of benzene rings is 3. The molecule has 0 aliphatic heterocycles. The van der Waals surface area contributed by atoms with E-state index in [1.54, 1.807) is 42.5 Å². The lowest BCUT2D eigenvalue weighted by Crippen LogP contribution is -2.54. The van der Waals surface area contributed by atoms with Crippen LogP contribution in [-0.2, 0) is 32.6 Å². The number of ether oxygens (including phenoxy) is 1. The van der Waals surface area contributed by atoms with Crippen molar-refractivity contribution in [3.05, 3.63) is 94.0 Å². The number of carbonyl (C=O) groups excluding carboxylic acids is 2. The van der Waals surface area contributed by atoms with Gasteiger partial charge in [-0.1, -0.05) is 71.7 Å². The lowest BCUT2D eigenvalue weighted by molar-refractivity contribution is -0.140. The van der Waals surface area contributed by atoms with Crippen molar-refractivity contribution in [2.45, 2.75) is 38.9 Å². The molecule has 0 bridgehead atoms. The third-order valence-corrected chi connectivity index (χ3v) is 7.94. The van der Waals surface area contributed by atoms with E-state index in [1.807, 2.05) is 44.2 Å². The summed E-state index contributed by atoms with van der Waals surface area (Å²) in [5.41, 5.74) is 1.67. The minimum Gasteiger partial charge on any atom is -0.495 e. The van der Waals surface area contributed by atoms with E-state index in [9.17, 15) is 18.0 Å². The highest BCUT2D eigenvalue weighted by Gasteiger charge is 2.34. The summed E-state index contributed by atoms with van der Waals surface area (Å²) in [6.07, 6.45) is 1.23. The van der Waals surface area contributed by atoms with Crippen molar-refractivity contribution in [2.75, 3.05) is 24.2 Å². The highest BCUT2D eigenvalue weighted by Crippen LogP contribution is 2.30. The second-order valence-electron chi connectivity index (χ2n) is 9.58. The van der Waals surface area contributed by atoms with Crippen LogP contribution in [0, 0.1) is 0 Å². The van der Waals surface area contributed by atoms with Crippen LogP contribution in [0.3, 0.4) is 0 Å². The number of amides is 2. The second-order valence-corrected chi connectivity index (χ2v) is 12.3. The van der Waals surface area contributed by atoms with Gasteiger partial charge in [0.05, 0.1) is 29.1 Å². The average molecular weight is 607 g/mol.